The van der Waals surface area contributed by atoms with Crippen LogP contribution >= 0.6 is 0 Å². The van der Waals surface area contributed by atoms with Crippen LogP contribution in [0.15, 0.2) is 36.5 Å². The van der Waals surface area contributed by atoms with Gasteiger partial charge in [0.1, 0.15) is 11.6 Å². The minimum atomic E-state index is 0.0227. The zero-order chi connectivity index (χ0) is 13.3. The van der Waals surface area contributed by atoms with Crippen molar-refractivity contribution in [3.63, 3.8) is 0 Å². The van der Waals surface area contributed by atoms with Crippen LogP contribution in [0.2, 0.25) is 0 Å². The summed E-state index contributed by atoms with van der Waals surface area (Å²) < 4.78 is 5.24. The fourth-order valence-corrected chi connectivity index (χ4v) is 2.23. The fourth-order valence-electron chi connectivity index (χ4n) is 2.23. The van der Waals surface area contributed by atoms with E-state index in [9.17, 15) is 0 Å². The second-order valence-electron chi connectivity index (χ2n) is 4.98. The molecule has 4 heteroatoms. The largest absolute Gasteiger partial charge is 0.497 e. The first kappa shape index (κ1) is 12.1. The Bertz CT molecular complexity index is 593. The predicted molar refractivity (Wildman–Crippen MR) is 74.0 cm³/mol. The summed E-state index contributed by atoms with van der Waals surface area (Å²) in [6.45, 7) is 0.620. The van der Waals surface area contributed by atoms with Crippen molar-refractivity contribution >= 4 is 0 Å². The molecule has 0 atom stereocenters. The number of rotatable bonds is 4. The maximum atomic E-state index is 5.84. The molecule has 0 bridgehead atoms. The van der Waals surface area contributed by atoms with Gasteiger partial charge in [0, 0.05) is 23.7 Å². The topological polar surface area (TPSA) is 61.0 Å². The number of hydrogen-bond donors (Lipinski definition) is 1. The number of nitrogens with zero attached hydrogens (tertiary/aromatic N) is 2. The lowest BCUT2D eigenvalue weighted by Gasteiger charge is -2.12. The first-order valence-electron chi connectivity index (χ1n) is 6.45. The smallest absolute Gasteiger partial charge is 0.136 e. The second-order valence-corrected chi connectivity index (χ2v) is 4.98. The van der Waals surface area contributed by atoms with Crippen molar-refractivity contribution in [3.8, 4) is 17.0 Å². The van der Waals surface area contributed by atoms with Crippen LogP contribution in [0.4, 0.5) is 0 Å². The van der Waals surface area contributed by atoms with Crippen molar-refractivity contribution < 1.29 is 4.74 Å². The Morgan fingerprint density at radius 2 is 2.16 bits per heavy atom. The lowest BCUT2D eigenvalue weighted by atomic mass is 10.1. The summed E-state index contributed by atoms with van der Waals surface area (Å²) in [5, 5.41) is 0. The number of methoxy groups -OCH3 is 1. The standard InChI is InChI=1S/C15H17N3O/c1-19-12-4-2-3-11(9-12)13-5-8-17-14(18-13)15(10-16)6-7-15/h2-5,8-9H,6-7,10,16H2,1H3. The Balaban J connectivity index is 1.99. The zero-order valence-electron chi connectivity index (χ0n) is 11.0. The highest BCUT2D eigenvalue weighted by atomic mass is 16.5. The molecule has 1 heterocycles. The molecule has 0 aliphatic heterocycles. The average Bonchev–Trinajstić information content (AvgIpc) is 3.29. The molecule has 0 unspecified atom stereocenters. The van der Waals surface area contributed by atoms with Crippen LogP contribution in [-0.2, 0) is 5.41 Å². The van der Waals surface area contributed by atoms with Gasteiger partial charge in [-0.05, 0) is 31.0 Å². The molecule has 4 nitrogen and oxygen atoms in total. The van der Waals surface area contributed by atoms with Crippen molar-refractivity contribution in [2.75, 3.05) is 13.7 Å². The van der Waals surface area contributed by atoms with E-state index in [1.165, 1.54) is 0 Å². The summed E-state index contributed by atoms with van der Waals surface area (Å²) in [6, 6.07) is 9.81. The van der Waals surface area contributed by atoms with Crippen LogP contribution in [0.25, 0.3) is 11.3 Å². The second kappa shape index (κ2) is 4.63. The van der Waals surface area contributed by atoms with Gasteiger partial charge < -0.3 is 10.5 Å². The van der Waals surface area contributed by atoms with Gasteiger partial charge in [-0.25, -0.2) is 9.97 Å². The fraction of sp³-hybridized carbons (Fsp3) is 0.333. The van der Waals surface area contributed by atoms with Gasteiger partial charge in [-0.3, -0.25) is 0 Å². The van der Waals surface area contributed by atoms with Gasteiger partial charge in [-0.2, -0.15) is 0 Å². The van der Waals surface area contributed by atoms with E-state index in [0.717, 1.165) is 35.7 Å². The van der Waals surface area contributed by atoms with Gasteiger partial charge in [0.25, 0.3) is 0 Å². The number of aromatic nitrogens is 2. The van der Waals surface area contributed by atoms with E-state index in [0.29, 0.717) is 6.54 Å². The van der Waals surface area contributed by atoms with E-state index < -0.39 is 0 Å². The van der Waals surface area contributed by atoms with Crippen molar-refractivity contribution in [3.05, 3.63) is 42.4 Å². The van der Waals surface area contributed by atoms with Gasteiger partial charge in [0.15, 0.2) is 0 Å². The minimum absolute atomic E-state index is 0.0227. The summed E-state index contributed by atoms with van der Waals surface area (Å²) >= 11 is 0. The van der Waals surface area contributed by atoms with E-state index >= 15 is 0 Å². The summed E-state index contributed by atoms with van der Waals surface area (Å²) in [6.07, 6.45) is 3.99. The van der Waals surface area contributed by atoms with Crippen LogP contribution < -0.4 is 10.5 Å². The van der Waals surface area contributed by atoms with Crippen LogP contribution in [0.5, 0.6) is 5.75 Å². The molecule has 1 aromatic carbocycles. The lowest BCUT2D eigenvalue weighted by molar-refractivity contribution is 0.415. The Hall–Kier alpha value is -1.94. The van der Waals surface area contributed by atoms with E-state index in [4.69, 9.17) is 10.5 Å². The van der Waals surface area contributed by atoms with E-state index in [-0.39, 0.29) is 5.41 Å². The number of ether oxygens (including phenoxy) is 1. The Morgan fingerprint density at radius 3 is 2.84 bits per heavy atom. The quantitative estimate of drug-likeness (QED) is 0.909. The van der Waals surface area contributed by atoms with Crippen LogP contribution in [0, 0.1) is 0 Å². The van der Waals surface area contributed by atoms with Crippen molar-refractivity contribution in [2.24, 2.45) is 5.73 Å². The molecule has 0 amide bonds. The highest BCUT2D eigenvalue weighted by molar-refractivity contribution is 5.61. The summed E-state index contributed by atoms with van der Waals surface area (Å²) in [5.74, 6) is 1.70. The first-order valence-corrected chi connectivity index (χ1v) is 6.45. The molecule has 2 aromatic rings. The third kappa shape index (κ3) is 2.19. The maximum Gasteiger partial charge on any atom is 0.136 e. The summed E-state index contributed by atoms with van der Waals surface area (Å²) in [4.78, 5) is 9.07. The predicted octanol–water partition coefficient (Wildman–Crippen LogP) is 2.14. The molecular formula is C15H17N3O. The number of hydrogen-bond acceptors (Lipinski definition) is 4. The summed E-state index contributed by atoms with van der Waals surface area (Å²) in [7, 11) is 1.66. The molecule has 1 aromatic heterocycles. The maximum absolute atomic E-state index is 5.84. The SMILES string of the molecule is COc1cccc(-c2ccnc(C3(CN)CC3)n2)c1. The van der Waals surface area contributed by atoms with E-state index in [1.807, 2.05) is 36.5 Å². The van der Waals surface area contributed by atoms with Crippen LogP contribution in [0.3, 0.4) is 0 Å². The minimum Gasteiger partial charge on any atom is -0.497 e. The first-order chi connectivity index (χ1) is 9.27. The molecule has 1 aliphatic carbocycles. The normalized spacial score (nSPS) is 16.1. The van der Waals surface area contributed by atoms with Gasteiger partial charge >= 0.3 is 0 Å². The van der Waals surface area contributed by atoms with E-state index in [1.54, 1.807) is 7.11 Å². The molecule has 1 saturated carbocycles. The van der Waals surface area contributed by atoms with Crippen LogP contribution in [0.1, 0.15) is 18.7 Å². The monoisotopic (exact) mass is 255 g/mol. The zero-order valence-corrected chi connectivity index (χ0v) is 11.0. The van der Waals surface area contributed by atoms with E-state index in [2.05, 4.69) is 9.97 Å². The van der Waals surface area contributed by atoms with Crippen molar-refractivity contribution in [2.45, 2.75) is 18.3 Å². The van der Waals surface area contributed by atoms with Gasteiger partial charge in [-0.1, -0.05) is 12.1 Å². The Kier molecular flexibility index (Phi) is 2.95. The molecule has 1 fully saturated rings. The lowest BCUT2D eigenvalue weighted by Crippen LogP contribution is -2.22. The molecule has 2 N–H and O–H groups in total. The molecule has 0 radical (unpaired) electrons. The Morgan fingerprint density at radius 1 is 1.32 bits per heavy atom. The molecule has 19 heavy (non-hydrogen) atoms. The van der Waals surface area contributed by atoms with Crippen molar-refractivity contribution in [1.29, 1.82) is 0 Å². The van der Waals surface area contributed by atoms with Crippen LogP contribution in [-0.4, -0.2) is 23.6 Å². The molecule has 0 spiro atoms. The van der Waals surface area contributed by atoms with Gasteiger partial charge in [0.05, 0.1) is 12.8 Å². The van der Waals surface area contributed by atoms with Crippen molar-refractivity contribution in [1.82, 2.24) is 9.97 Å². The third-order valence-electron chi connectivity index (χ3n) is 3.74. The average molecular weight is 255 g/mol. The molecule has 3 rings (SSSR count). The highest BCUT2D eigenvalue weighted by Gasteiger charge is 2.45. The molecule has 0 saturated heterocycles. The Labute approximate surface area is 112 Å². The molecular weight excluding hydrogens is 238 g/mol. The number of nitrogens with two attached hydrogens (primary N) is 1. The molecule has 98 valence electrons. The third-order valence-corrected chi connectivity index (χ3v) is 3.74. The molecule has 1 aliphatic rings. The highest BCUT2D eigenvalue weighted by Crippen LogP contribution is 2.45. The van der Waals surface area contributed by atoms with Gasteiger partial charge in [0.2, 0.25) is 0 Å². The number of benzene rings is 1. The van der Waals surface area contributed by atoms with Gasteiger partial charge in [-0.15, -0.1) is 0 Å². The summed E-state index contributed by atoms with van der Waals surface area (Å²) in [5.41, 5.74) is 7.82.